The zero-order chi connectivity index (χ0) is 20.2. The first kappa shape index (κ1) is 18.8. The fraction of sp³-hybridized carbons (Fsp3) is 0.200. The van der Waals surface area contributed by atoms with Gasteiger partial charge in [0.1, 0.15) is 5.82 Å². The molecule has 0 amide bonds. The molecule has 0 aliphatic rings. The van der Waals surface area contributed by atoms with E-state index in [1.54, 1.807) is 0 Å². The number of rotatable bonds is 6. The Labute approximate surface area is 171 Å². The van der Waals surface area contributed by atoms with Crippen molar-refractivity contribution in [2.75, 3.05) is 5.73 Å². The fourth-order valence-corrected chi connectivity index (χ4v) is 3.70. The van der Waals surface area contributed by atoms with Gasteiger partial charge in [-0.1, -0.05) is 55.8 Å². The number of anilines is 1. The maximum atomic E-state index is 9.36. The van der Waals surface area contributed by atoms with Crippen molar-refractivity contribution in [3.05, 3.63) is 83.7 Å². The molecule has 4 nitrogen and oxygen atoms in total. The van der Waals surface area contributed by atoms with Crippen LogP contribution in [0.1, 0.15) is 36.7 Å². The van der Waals surface area contributed by atoms with Crippen molar-refractivity contribution in [1.29, 1.82) is 5.26 Å². The molecule has 1 aromatic heterocycles. The van der Waals surface area contributed by atoms with Gasteiger partial charge in [-0.15, -0.1) is 0 Å². The normalized spacial score (nSPS) is 10.9. The molecule has 0 saturated heterocycles. The number of nitriles is 1. The van der Waals surface area contributed by atoms with E-state index in [2.05, 4.69) is 41.8 Å². The largest absolute Gasteiger partial charge is 0.399 e. The molecule has 1 heterocycles. The lowest BCUT2D eigenvalue weighted by atomic mass is 9.99. The van der Waals surface area contributed by atoms with Crippen LogP contribution in [0.2, 0.25) is 0 Å². The van der Waals surface area contributed by atoms with Gasteiger partial charge in [-0.2, -0.15) is 5.26 Å². The number of aryl methyl sites for hydroxylation is 1. The SMILES string of the molecule is CCCCc1nc2ccc(N)cc2n1Cc1ccc(-c2ccccc2C#N)cc1. The van der Waals surface area contributed by atoms with E-state index in [1.165, 1.54) is 5.56 Å². The average molecular weight is 380 g/mol. The molecule has 2 N–H and O–H groups in total. The van der Waals surface area contributed by atoms with E-state index in [4.69, 9.17) is 10.7 Å². The quantitative estimate of drug-likeness (QED) is 0.446. The number of aromatic nitrogens is 2. The minimum atomic E-state index is 0.693. The molecule has 0 aliphatic heterocycles. The van der Waals surface area contributed by atoms with E-state index in [1.807, 2.05) is 42.5 Å². The van der Waals surface area contributed by atoms with Crippen molar-refractivity contribution in [2.24, 2.45) is 0 Å². The zero-order valence-corrected chi connectivity index (χ0v) is 16.6. The van der Waals surface area contributed by atoms with Crippen LogP contribution in [0.15, 0.2) is 66.7 Å². The van der Waals surface area contributed by atoms with Gasteiger partial charge < -0.3 is 10.3 Å². The summed E-state index contributed by atoms with van der Waals surface area (Å²) < 4.78 is 2.28. The summed E-state index contributed by atoms with van der Waals surface area (Å²) in [6.45, 7) is 2.95. The molecule has 0 bridgehead atoms. The van der Waals surface area contributed by atoms with Gasteiger partial charge in [0.15, 0.2) is 0 Å². The lowest BCUT2D eigenvalue weighted by Crippen LogP contribution is -2.05. The van der Waals surface area contributed by atoms with Crippen LogP contribution in [0.4, 0.5) is 5.69 Å². The first-order valence-corrected chi connectivity index (χ1v) is 10.0. The molecule has 0 atom stereocenters. The van der Waals surface area contributed by atoms with E-state index in [9.17, 15) is 5.26 Å². The Kier molecular flexibility index (Phi) is 5.31. The average Bonchev–Trinajstić information content (AvgIpc) is 3.09. The molecule has 0 radical (unpaired) electrons. The van der Waals surface area contributed by atoms with Crippen LogP contribution >= 0.6 is 0 Å². The summed E-state index contributed by atoms with van der Waals surface area (Å²) in [6.07, 6.45) is 3.21. The maximum absolute atomic E-state index is 9.36. The highest BCUT2D eigenvalue weighted by molar-refractivity contribution is 5.80. The number of nitrogen functional groups attached to an aromatic ring is 1. The number of hydrogen-bond acceptors (Lipinski definition) is 3. The lowest BCUT2D eigenvalue weighted by Gasteiger charge is -2.11. The maximum Gasteiger partial charge on any atom is 0.110 e. The monoisotopic (exact) mass is 380 g/mol. The van der Waals surface area contributed by atoms with Crippen LogP contribution < -0.4 is 5.73 Å². The fourth-order valence-electron chi connectivity index (χ4n) is 3.70. The van der Waals surface area contributed by atoms with Gasteiger partial charge in [-0.3, -0.25) is 0 Å². The van der Waals surface area contributed by atoms with Gasteiger partial charge in [-0.25, -0.2) is 4.98 Å². The second-order valence-corrected chi connectivity index (χ2v) is 7.32. The van der Waals surface area contributed by atoms with Crippen molar-refractivity contribution in [2.45, 2.75) is 32.7 Å². The van der Waals surface area contributed by atoms with Crippen LogP contribution in [0.25, 0.3) is 22.2 Å². The Balaban J connectivity index is 1.68. The summed E-state index contributed by atoms with van der Waals surface area (Å²) in [5.41, 5.74) is 12.8. The van der Waals surface area contributed by atoms with Gasteiger partial charge in [0.2, 0.25) is 0 Å². The zero-order valence-electron chi connectivity index (χ0n) is 16.6. The minimum absolute atomic E-state index is 0.693. The molecule has 0 spiro atoms. The molecular formula is C25H24N4. The van der Waals surface area contributed by atoms with Crippen LogP contribution in [-0.4, -0.2) is 9.55 Å². The topological polar surface area (TPSA) is 67.6 Å². The number of nitrogens with zero attached hydrogens (tertiary/aromatic N) is 3. The van der Waals surface area contributed by atoms with Gasteiger partial charge in [-0.05, 0) is 47.4 Å². The van der Waals surface area contributed by atoms with Crippen LogP contribution in [0.3, 0.4) is 0 Å². The third-order valence-electron chi connectivity index (χ3n) is 5.26. The molecule has 4 aromatic rings. The molecule has 29 heavy (non-hydrogen) atoms. The minimum Gasteiger partial charge on any atom is -0.399 e. The molecular weight excluding hydrogens is 356 g/mol. The second kappa shape index (κ2) is 8.20. The summed E-state index contributed by atoms with van der Waals surface area (Å²) in [6, 6.07) is 24.3. The van der Waals surface area contributed by atoms with E-state index in [-0.39, 0.29) is 0 Å². The van der Waals surface area contributed by atoms with Crippen LogP contribution in [0.5, 0.6) is 0 Å². The van der Waals surface area contributed by atoms with Crippen molar-refractivity contribution >= 4 is 16.7 Å². The molecule has 0 aliphatic carbocycles. The summed E-state index contributed by atoms with van der Waals surface area (Å²) >= 11 is 0. The lowest BCUT2D eigenvalue weighted by molar-refractivity contribution is 0.690. The number of benzene rings is 3. The molecule has 3 aromatic carbocycles. The number of imidazole rings is 1. The molecule has 0 saturated carbocycles. The van der Waals surface area contributed by atoms with Crippen LogP contribution in [-0.2, 0) is 13.0 Å². The van der Waals surface area contributed by atoms with Gasteiger partial charge in [0, 0.05) is 18.7 Å². The standard InChI is InChI=1S/C25H24N4/c1-2-3-8-25-28-23-14-13-21(27)15-24(23)29(25)17-18-9-11-19(12-10-18)22-7-5-4-6-20(22)16-26/h4-7,9-15H,2-3,8,17,27H2,1H3. The number of fused-ring (bicyclic) bond motifs is 1. The van der Waals surface area contributed by atoms with E-state index >= 15 is 0 Å². The Bertz CT molecular complexity index is 1180. The van der Waals surface area contributed by atoms with Gasteiger partial charge in [0.25, 0.3) is 0 Å². The molecule has 4 rings (SSSR count). The molecule has 0 unspecified atom stereocenters. The van der Waals surface area contributed by atoms with Crippen molar-refractivity contribution in [1.82, 2.24) is 9.55 Å². The Morgan fingerprint density at radius 3 is 2.59 bits per heavy atom. The highest BCUT2D eigenvalue weighted by Crippen LogP contribution is 2.25. The summed E-state index contributed by atoms with van der Waals surface area (Å²) in [4.78, 5) is 4.85. The first-order valence-electron chi connectivity index (χ1n) is 10.0. The third-order valence-corrected chi connectivity index (χ3v) is 5.26. The first-order chi connectivity index (χ1) is 14.2. The van der Waals surface area contributed by atoms with Gasteiger partial charge in [0.05, 0.1) is 22.7 Å². The highest BCUT2D eigenvalue weighted by atomic mass is 15.1. The van der Waals surface area contributed by atoms with E-state index < -0.39 is 0 Å². The smallest absolute Gasteiger partial charge is 0.110 e. The predicted molar refractivity (Wildman–Crippen MR) is 118 cm³/mol. The predicted octanol–water partition coefficient (Wildman–Crippen LogP) is 5.55. The Morgan fingerprint density at radius 1 is 1.03 bits per heavy atom. The number of hydrogen-bond donors (Lipinski definition) is 1. The molecule has 4 heteroatoms. The third kappa shape index (κ3) is 3.86. The number of nitrogens with two attached hydrogens (primary N) is 1. The molecule has 144 valence electrons. The van der Waals surface area contributed by atoms with Crippen molar-refractivity contribution in [3.8, 4) is 17.2 Å². The van der Waals surface area contributed by atoms with E-state index in [0.29, 0.717) is 5.56 Å². The summed E-state index contributed by atoms with van der Waals surface area (Å²) in [5.74, 6) is 1.10. The van der Waals surface area contributed by atoms with E-state index in [0.717, 1.165) is 59.5 Å². The van der Waals surface area contributed by atoms with Gasteiger partial charge >= 0.3 is 0 Å². The number of unbranched alkanes of at least 4 members (excludes halogenated alkanes) is 1. The Hall–Kier alpha value is -3.58. The summed E-state index contributed by atoms with van der Waals surface area (Å²) in [5, 5.41) is 9.36. The highest BCUT2D eigenvalue weighted by Gasteiger charge is 2.12. The second-order valence-electron chi connectivity index (χ2n) is 7.32. The Morgan fingerprint density at radius 2 is 1.83 bits per heavy atom. The molecule has 0 fully saturated rings. The van der Waals surface area contributed by atoms with Crippen molar-refractivity contribution < 1.29 is 0 Å². The summed E-state index contributed by atoms with van der Waals surface area (Å²) in [7, 11) is 0. The van der Waals surface area contributed by atoms with Crippen LogP contribution in [0, 0.1) is 11.3 Å². The van der Waals surface area contributed by atoms with Crippen molar-refractivity contribution in [3.63, 3.8) is 0 Å².